The molecule has 4 nitrogen and oxygen atoms in total. The molecule has 2 atom stereocenters. The summed E-state index contributed by atoms with van der Waals surface area (Å²) < 4.78 is 1.99. The molecule has 21 heavy (non-hydrogen) atoms. The minimum Gasteiger partial charge on any atom is -0.355 e. The third-order valence-electron chi connectivity index (χ3n) is 4.28. The number of hydrogen-bond acceptors (Lipinski definition) is 2. The molecule has 1 aromatic heterocycles. The van der Waals surface area contributed by atoms with Gasteiger partial charge in [0.05, 0.1) is 0 Å². The first-order chi connectivity index (χ1) is 10.2. The van der Waals surface area contributed by atoms with Crippen LogP contribution in [-0.4, -0.2) is 22.0 Å². The second kappa shape index (κ2) is 5.72. The number of nitrogens with one attached hydrogen (secondary N) is 1. The molecule has 1 amide bonds. The molecule has 110 valence electrons. The molecule has 0 aliphatic heterocycles. The minimum absolute atomic E-state index is 0.146. The number of aryl methyl sites for hydroxylation is 2. The molecular formula is C17H21N3O. The van der Waals surface area contributed by atoms with E-state index in [0.29, 0.717) is 12.5 Å². The molecule has 4 heteroatoms. The zero-order valence-corrected chi connectivity index (χ0v) is 12.5. The maximum atomic E-state index is 12.2. The first-order valence-corrected chi connectivity index (χ1v) is 7.46. The van der Waals surface area contributed by atoms with Crippen LogP contribution in [0.2, 0.25) is 0 Å². The number of hydrogen-bond donors (Lipinski definition) is 1. The maximum absolute atomic E-state index is 12.2. The molecule has 0 saturated heterocycles. The Morgan fingerprint density at radius 2 is 2.24 bits per heavy atom. The minimum atomic E-state index is 0.146. The highest BCUT2D eigenvalue weighted by Gasteiger charge is 2.44. The van der Waals surface area contributed by atoms with Crippen molar-refractivity contribution in [3.05, 3.63) is 53.6 Å². The van der Waals surface area contributed by atoms with Crippen molar-refractivity contribution in [3.63, 3.8) is 0 Å². The fraction of sp³-hybridized carbons (Fsp3) is 0.412. The number of amides is 1. The zero-order chi connectivity index (χ0) is 14.8. The molecule has 1 aliphatic carbocycles. The molecule has 0 radical (unpaired) electrons. The van der Waals surface area contributed by atoms with E-state index in [2.05, 4.69) is 35.4 Å². The van der Waals surface area contributed by atoms with E-state index in [1.165, 1.54) is 11.1 Å². The molecule has 1 aromatic carbocycles. The Hall–Kier alpha value is -2.10. The van der Waals surface area contributed by atoms with Crippen LogP contribution in [0.1, 0.15) is 29.3 Å². The van der Waals surface area contributed by atoms with Crippen molar-refractivity contribution in [2.45, 2.75) is 25.7 Å². The Kier molecular flexibility index (Phi) is 3.78. The number of imidazole rings is 1. The SMILES string of the molecule is Cc1ccccc1[C@H]1C[C@H]1C(=O)NCCc1nccn1C. The fourth-order valence-corrected chi connectivity index (χ4v) is 2.90. The van der Waals surface area contributed by atoms with Crippen LogP contribution in [0, 0.1) is 12.8 Å². The van der Waals surface area contributed by atoms with Gasteiger partial charge in [-0.15, -0.1) is 0 Å². The summed E-state index contributed by atoms with van der Waals surface area (Å²) in [4.78, 5) is 16.4. The van der Waals surface area contributed by atoms with Crippen LogP contribution >= 0.6 is 0 Å². The predicted octanol–water partition coefficient (Wildman–Crippen LogP) is 2.19. The standard InChI is InChI=1S/C17H21N3O/c1-12-5-3-4-6-13(12)14-11-15(14)17(21)19-8-7-16-18-9-10-20(16)2/h3-6,9-10,14-15H,7-8,11H2,1-2H3,(H,19,21)/t14-,15-/m1/s1. The lowest BCUT2D eigenvalue weighted by Gasteiger charge is -2.06. The third-order valence-corrected chi connectivity index (χ3v) is 4.28. The summed E-state index contributed by atoms with van der Waals surface area (Å²) in [5.74, 6) is 1.73. The predicted molar refractivity (Wildman–Crippen MR) is 81.9 cm³/mol. The molecule has 0 unspecified atom stereocenters. The topological polar surface area (TPSA) is 46.9 Å². The molecule has 2 aromatic rings. The van der Waals surface area contributed by atoms with E-state index in [-0.39, 0.29) is 11.8 Å². The fourth-order valence-electron chi connectivity index (χ4n) is 2.90. The van der Waals surface area contributed by atoms with E-state index < -0.39 is 0 Å². The number of benzene rings is 1. The van der Waals surface area contributed by atoms with Crippen molar-refractivity contribution in [2.75, 3.05) is 6.54 Å². The van der Waals surface area contributed by atoms with Gasteiger partial charge >= 0.3 is 0 Å². The summed E-state index contributed by atoms with van der Waals surface area (Å²) in [6.45, 7) is 2.77. The Morgan fingerprint density at radius 3 is 2.95 bits per heavy atom. The summed E-state index contributed by atoms with van der Waals surface area (Å²) in [6.07, 6.45) is 5.45. The highest BCUT2D eigenvalue weighted by molar-refractivity contribution is 5.83. The van der Waals surface area contributed by atoms with Crippen LogP contribution in [0.4, 0.5) is 0 Å². The quantitative estimate of drug-likeness (QED) is 0.914. The second-order valence-corrected chi connectivity index (χ2v) is 5.80. The van der Waals surface area contributed by atoms with E-state index in [1.807, 2.05) is 23.9 Å². The molecule has 1 aliphatic rings. The molecule has 1 saturated carbocycles. The Morgan fingerprint density at radius 1 is 1.43 bits per heavy atom. The number of carbonyl (C=O) groups is 1. The summed E-state index contributed by atoms with van der Waals surface area (Å²) in [5.41, 5.74) is 2.60. The summed E-state index contributed by atoms with van der Waals surface area (Å²) in [5, 5.41) is 3.04. The normalized spacial score (nSPS) is 20.3. The zero-order valence-electron chi connectivity index (χ0n) is 12.5. The van der Waals surface area contributed by atoms with Gasteiger partial charge in [0.1, 0.15) is 5.82 Å². The number of aromatic nitrogens is 2. The lowest BCUT2D eigenvalue weighted by molar-refractivity contribution is -0.122. The average molecular weight is 283 g/mol. The van der Waals surface area contributed by atoms with Crippen LogP contribution in [0.15, 0.2) is 36.7 Å². The molecular weight excluding hydrogens is 262 g/mol. The first kappa shape index (κ1) is 13.9. The van der Waals surface area contributed by atoms with Crippen LogP contribution in [-0.2, 0) is 18.3 Å². The van der Waals surface area contributed by atoms with Gasteiger partial charge in [0, 0.05) is 38.3 Å². The van der Waals surface area contributed by atoms with E-state index in [9.17, 15) is 4.79 Å². The molecule has 1 fully saturated rings. The number of carbonyl (C=O) groups excluding carboxylic acids is 1. The number of nitrogens with zero attached hydrogens (tertiary/aromatic N) is 2. The van der Waals surface area contributed by atoms with Crippen LogP contribution in [0.3, 0.4) is 0 Å². The molecule has 0 spiro atoms. The van der Waals surface area contributed by atoms with Crippen molar-refractivity contribution >= 4 is 5.91 Å². The Balaban J connectivity index is 1.50. The lowest BCUT2D eigenvalue weighted by Crippen LogP contribution is -2.28. The van der Waals surface area contributed by atoms with Crippen molar-refractivity contribution in [1.82, 2.24) is 14.9 Å². The van der Waals surface area contributed by atoms with Crippen molar-refractivity contribution < 1.29 is 4.79 Å². The Labute approximate surface area is 125 Å². The van der Waals surface area contributed by atoms with Gasteiger partial charge in [0.25, 0.3) is 0 Å². The van der Waals surface area contributed by atoms with Crippen LogP contribution in [0.5, 0.6) is 0 Å². The first-order valence-electron chi connectivity index (χ1n) is 7.46. The largest absolute Gasteiger partial charge is 0.355 e. The summed E-state index contributed by atoms with van der Waals surface area (Å²) in [6, 6.07) is 8.35. The van der Waals surface area contributed by atoms with Gasteiger partial charge in [0.2, 0.25) is 5.91 Å². The van der Waals surface area contributed by atoms with E-state index in [0.717, 1.165) is 18.7 Å². The van der Waals surface area contributed by atoms with Gasteiger partial charge in [0.15, 0.2) is 0 Å². The van der Waals surface area contributed by atoms with Crippen molar-refractivity contribution in [1.29, 1.82) is 0 Å². The smallest absolute Gasteiger partial charge is 0.223 e. The molecule has 1 N–H and O–H groups in total. The van der Waals surface area contributed by atoms with E-state index >= 15 is 0 Å². The van der Waals surface area contributed by atoms with Gasteiger partial charge in [-0.05, 0) is 30.4 Å². The summed E-state index contributed by atoms with van der Waals surface area (Å²) >= 11 is 0. The van der Waals surface area contributed by atoms with Gasteiger partial charge in [-0.2, -0.15) is 0 Å². The van der Waals surface area contributed by atoms with Gasteiger partial charge in [-0.1, -0.05) is 24.3 Å². The van der Waals surface area contributed by atoms with Gasteiger partial charge in [-0.3, -0.25) is 4.79 Å². The van der Waals surface area contributed by atoms with Crippen molar-refractivity contribution in [3.8, 4) is 0 Å². The molecule has 3 rings (SSSR count). The average Bonchev–Trinajstić information content (AvgIpc) is 3.17. The summed E-state index contributed by atoms with van der Waals surface area (Å²) in [7, 11) is 1.97. The molecule has 1 heterocycles. The van der Waals surface area contributed by atoms with Gasteiger partial charge < -0.3 is 9.88 Å². The monoisotopic (exact) mass is 283 g/mol. The third kappa shape index (κ3) is 2.99. The lowest BCUT2D eigenvalue weighted by atomic mass is 10.0. The van der Waals surface area contributed by atoms with Crippen molar-refractivity contribution in [2.24, 2.45) is 13.0 Å². The number of rotatable bonds is 5. The van der Waals surface area contributed by atoms with E-state index in [4.69, 9.17) is 0 Å². The van der Waals surface area contributed by atoms with Crippen LogP contribution < -0.4 is 5.32 Å². The van der Waals surface area contributed by atoms with Crippen LogP contribution in [0.25, 0.3) is 0 Å². The maximum Gasteiger partial charge on any atom is 0.223 e. The highest BCUT2D eigenvalue weighted by atomic mass is 16.2. The Bertz CT molecular complexity index is 647. The highest BCUT2D eigenvalue weighted by Crippen LogP contribution is 2.48. The molecule has 0 bridgehead atoms. The second-order valence-electron chi connectivity index (χ2n) is 5.80. The van der Waals surface area contributed by atoms with Gasteiger partial charge in [-0.25, -0.2) is 4.98 Å². The van der Waals surface area contributed by atoms with E-state index in [1.54, 1.807) is 6.20 Å².